The van der Waals surface area contributed by atoms with Gasteiger partial charge in [-0.05, 0) is 31.2 Å². The molecule has 0 saturated heterocycles. The highest BCUT2D eigenvalue weighted by atomic mass is 79.9. The van der Waals surface area contributed by atoms with Gasteiger partial charge in [0.25, 0.3) is 0 Å². The van der Waals surface area contributed by atoms with E-state index in [2.05, 4.69) is 39.5 Å². The largest absolute Gasteiger partial charge is 0.378 e. The van der Waals surface area contributed by atoms with Crippen LogP contribution in [0.2, 0.25) is 0 Å². The number of hydrogen-bond donors (Lipinski definition) is 0. The van der Waals surface area contributed by atoms with Crippen molar-refractivity contribution in [3.63, 3.8) is 0 Å². The lowest BCUT2D eigenvalue weighted by Crippen LogP contribution is -2.07. The van der Waals surface area contributed by atoms with Crippen LogP contribution in [-0.2, 0) is 0 Å². The molecule has 1 aromatic carbocycles. The summed E-state index contributed by atoms with van der Waals surface area (Å²) in [4.78, 5) is 2.08. The molecular weight excluding hydrogens is 226 g/mol. The molecule has 0 N–H and O–H groups in total. The molecule has 0 fully saturated rings. The Balaban J connectivity index is 0.000000424. The number of hydrogen-bond acceptors (Lipinski definition) is 1. The number of nitrogens with zero attached hydrogens (tertiary/aromatic N) is 1. The van der Waals surface area contributed by atoms with E-state index in [-0.39, 0.29) is 0 Å². The Bertz CT molecular complexity index is 239. The van der Waals surface area contributed by atoms with Gasteiger partial charge < -0.3 is 4.90 Å². The van der Waals surface area contributed by atoms with Crippen LogP contribution in [0.1, 0.15) is 6.92 Å². The molecule has 0 spiro atoms. The second kappa shape index (κ2) is 6.72. The molecule has 0 aromatic heterocycles. The Kier molecular flexibility index (Phi) is 6.33. The summed E-state index contributed by atoms with van der Waals surface area (Å²) in [6, 6.07) is 8.22. The van der Waals surface area contributed by atoms with E-state index in [0.717, 1.165) is 4.47 Å². The van der Waals surface area contributed by atoms with Gasteiger partial charge in [0.2, 0.25) is 0 Å². The van der Waals surface area contributed by atoms with E-state index < -0.39 is 0 Å². The first-order chi connectivity index (χ1) is 6.11. The molecule has 0 unspecified atom stereocenters. The lowest BCUT2D eigenvalue weighted by atomic mass is 10.3. The van der Waals surface area contributed by atoms with Gasteiger partial charge in [0.15, 0.2) is 0 Å². The van der Waals surface area contributed by atoms with Gasteiger partial charge >= 0.3 is 0 Å². The zero-order valence-corrected chi connectivity index (χ0v) is 10.0. The van der Waals surface area contributed by atoms with Crippen molar-refractivity contribution in [3.8, 4) is 0 Å². The van der Waals surface area contributed by atoms with Crippen molar-refractivity contribution in [3.05, 3.63) is 41.4 Å². The molecule has 1 aromatic rings. The van der Waals surface area contributed by atoms with Crippen molar-refractivity contribution in [2.75, 3.05) is 19.0 Å². The van der Waals surface area contributed by atoms with Crippen molar-refractivity contribution >= 4 is 21.6 Å². The lowest BCUT2D eigenvalue weighted by Gasteiger charge is -2.11. The van der Waals surface area contributed by atoms with Crippen LogP contribution in [0.3, 0.4) is 0 Å². The van der Waals surface area contributed by atoms with E-state index >= 15 is 0 Å². The van der Waals surface area contributed by atoms with E-state index in [1.165, 1.54) is 5.69 Å². The highest BCUT2D eigenvalue weighted by Crippen LogP contribution is 2.15. The summed E-state index contributed by atoms with van der Waals surface area (Å²) in [5.74, 6) is 0. The fourth-order valence-electron chi connectivity index (χ4n) is 0.739. The summed E-state index contributed by atoms with van der Waals surface area (Å²) in [6.45, 7) is 5.25. The molecule has 0 saturated carbocycles. The molecule has 0 radical (unpaired) electrons. The number of anilines is 1. The Morgan fingerprint density at radius 1 is 1.23 bits per heavy atom. The quantitative estimate of drug-likeness (QED) is 0.678. The van der Waals surface area contributed by atoms with E-state index in [4.69, 9.17) is 0 Å². The van der Waals surface area contributed by atoms with Crippen LogP contribution in [0.25, 0.3) is 0 Å². The highest BCUT2D eigenvalue weighted by molar-refractivity contribution is 9.10. The van der Waals surface area contributed by atoms with Crippen LogP contribution < -0.4 is 4.90 Å². The molecule has 1 rings (SSSR count). The molecule has 0 amide bonds. The second-order valence-electron chi connectivity index (χ2n) is 2.78. The smallest absolute Gasteiger partial charge is 0.0361 e. The van der Waals surface area contributed by atoms with E-state index in [1.54, 1.807) is 6.08 Å². The number of halogens is 1. The fraction of sp³-hybridized carbons (Fsp3) is 0.273. The van der Waals surface area contributed by atoms with Crippen LogP contribution >= 0.6 is 15.9 Å². The summed E-state index contributed by atoms with van der Waals surface area (Å²) >= 11 is 3.38. The minimum absolute atomic E-state index is 1.12. The van der Waals surface area contributed by atoms with Crippen molar-refractivity contribution < 1.29 is 0 Å². The van der Waals surface area contributed by atoms with E-state index in [1.807, 2.05) is 33.2 Å². The topological polar surface area (TPSA) is 3.24 Å². The van der Waals surface area contributed by atoms with Gasteiger partial charge in [-0.1, -0.05) is 22.0 Å². The normalized spacial score (nSPS) is 8.31. The van der Waals surface area contributed by atoms with Gasteiger partial charge in [0, 0.05) is 24.3 Å². The number of allylic oxidation sites excluding steroid dienone is 1. The first-order valence-corrected chi connectivity index (χ1v) is 4.91. The molecule has 1 nitrogen and oxygen atoms in total. The lowest BCUT2D eigenvalue weighted by molar-refractivity contribution is 1.13. The van der Waals surface area contributed by atoms with Gasteiger partial charge in [-0.15, -0.1) is 6.58 Å². The third kappa shape index (κ3) is 5.47. The molecule has 13 heavy (non-hydrogen) atoms. The van der Waals surface area contributed by atoms with Crippen molar-refractivity contribution in [1.29, 1.82) is 0 Å². The molecule has 0 aliphatic heterocycles. The van der Waals surface area contributed by atoms with Crippen LogP contribution in [0.5, 0.6) is 0 Å². The highest BCUT2D eigenvalue weighted by Gasteiger charge is 1.91. The third-order valence-electron chi connectivity index (χ3n) is 1.34. The second-order valence-corrected chi connectivity index (χ2v) is 3.69. The maximum Gasteiger partial charge on any atom is 0.0361 e. The first kappa shape index (κ1) is 12.2. The van der Waals surface area contributed by atoms with Gasteiger partial charge in [-0.3, -0.25) is 0 Å². The minimum atomic E-state index is 1.12. The van der Waals surface area contributed by atoms with Crippen LogP contribution in [-0.4, -0.2) is 14.1 Å². The van der Waals surface area contributed by atoms with Crippen molar-refractivity contribution in [2.24, 2.45) is 0 Å². The SMILES string of the molecule is C=CC.CN(C)c1ccc(Br)cc1. The monoisotopic (exact) mass is 241 g/mol. The molecule has 0 atom stereocenters. The summed E-state index contributed by atoms with van der Waals surface area (Å²) < 4.78 is 1.12. The average Bonchev–Trinajstić information content (AvgIpc) is 2.06. The van der Waals surface area contributed by atoms with Crippen LogP contribution in [0.15, 0.2) is 41.4 Å². The first-order valence-electron chi connectivity index (χ1n) is 4.11. The average molecular weight is 242 g/mol. The van der Waals surface area contributed by atoms with Gasteiger partial charge in [-0.2, -0.15) is 0 Å². The maximum absolute atomic E-state index is 3.38. The van der Waals surface area contributed by atoms with Crippen LogP contribution in [0, 0.1) is 0 Å². The van der Waals surface area contributed by atoms with Gasteiger partial charge in [0.1, 0.15) is 0 Å². The zero-order valence-electron chi connectivity index (χ0n) is 8.42. The van der Waals surface area contributed by atoms with Gasteiger partial charge in [-0.25, -0.2) is 0 Å². The van der Waals surface area contributed by atoms with Gasteiger partial charge in [0.05, 0.1) is 0 Å². The van der Waals surface area contributed by atoms with Crippen molar-refractivity contribution in [1.82, 2.24) is 0 Å². The predicted octanol–water partition coefficient (Wildman–Crippen LogP) is 3.71. The van der Waals surface area contributed by atoms with Crippen LogP contribution in [0.4, 0.5) is 5.69 Å². The molecular formula is C11H16BrN. The Morgan fingerprint density at radius 3 is 1.92 bits per heavy atom. The molecule has 2 heteroatoms. The molecule has 0 heterocycles. The zero-order chi connectivity index (χ0) is 10.3. The minimum Gasteiger partial charge on any atom is -0.378 e. The molecule has 0 bridgehead atoms. The summed E-state index contributed by atoms with van der Waals surface area (Å²) in [5.41, 5.74) is 1.23. The fourth-order valence-corrected chi connectivity index (χ4v) is 1.00. The Hall–Kier alpha value is -0.760. The Morgan fingerprint density at radius 2 is 1.62 bits per heavy atom. The third-order valence-corrected chi connectivity index (χ3v) is 1.87. The number of rotatable bonds is 1. The summed E-state index contributed by atoms with van der Waals surface area (Å²) in [5, 5.41) is 0. The van der Waals surface area contributed by atoms with Crippen molar-refractivity contribution in [2.45, 2.75) is 6.92 Å². The van der Waals surface area contributed by atoms with E-state index in [0.29, 0.717) is 0 Å². The predicted molar refractivity (Wildman–Crippen MR) is 64.3 cm³/mol. The Labute approximate surface area is 89.2 Å². The summed E-state index contributed by atoms with van der Waals surface area (Å²) in [6.07, 6.45) is 1.75. The standard InChI is InChI=1S/C8H10BrN.C3H6/c1-10(2)8-5-3-7(9)4-6-8;1-3-2/h3-6H,1-2H3;3H,1H2,2H3. The molecule has 0 aliphatic rings. The molecule has 0 aliphatic carbocycles. The summed E-state index contributed by atoms with van der Waals surface area (Å²) in [7, 11) is 4.06. The number of benzene rings is 1. The maximum atomic E-state index is 3.38. The molecule has 72 valence electrons. The van der Waals surface area contributed by atoms with E-state index in [9.17, 15) is 0 Å².